The summed E-state index contributed by atoms with van der Waals surface area (Å²) in [7, 11) is 3.03. The molecule has 2 aromatic rings. The molecule has 4 rings (SSSR count). The van der Waals surface area contributed by atoms with E-state index in [2.05, 4.69) is 5.32 Å². The number of benzene rings is 2. The number of aliphatic hydroxyl groups is 2. The van der Waals surface area contributed by atoms with Crippen molar-refractivity contribution < 1.29 is 38.8 Å². The number of aliphatic hydroxyl groups excluding tert-OH is 2. The highest BCUT2D eigenvalue weighted by Crippen LogP contribution is 2.51. The van der Waals surface area contributed by atoms with Crippen molar-refractivity contribution in [1.82, 2.24) is 10.2 Å². The Hall–Kier alpha value is -3.89. The molecule has 0 saturated heterocycles. The van der Waals surface area contributed by atoms with E-state index < -0.39 is 30.1 Å². The molecule has 0 saturated carbocycles. The molecule has 1 aliphatic heterocycles. The average Bonchev–Trinajstić information content (AvgIpc) is 3.36. The highest BCUT2D eigenvalue weighted by atomic mass is 16.5. The Morgan fingerprint density at radius 1 is 1.18 bits per heavy atom. The van der Waals surface area contributed by atoms with E-state index in [0.717, 1.165) is 5.56 Å². The molecule has 3 N–H and O–H groups in total. The zero-order valence-electron chi connectivity index (χ0n) is 22.3. The maximum Gasteiger partial charge on any atom is 0.247 e. The second-order valence-corrected chi connectivity index (χ2v) is 9.44. The van der Waals surface area contributed by atoms with E-state index in [1.54, 1.807) is 31.1 Å². The van der Waals surface area contributed by atoms with Gasteiger partial charge < -0.3 is 34.6 Å². The Morgan fingerprint density at radius 2 is 1.97 bits per heavy atom. The highest BCUT2D eigenvalue weighted by Gasteiger charge is 2.51. The predicted octanol–water partition coefficient (Wildman–Crippen LogP) is 1.62. The van der Waals surface area contributed by atoms with Crippen LogP contribution in [0.25, 0.3) is 0 Å². The summed E-state index contributed by atoms with van der Waals surface area (Å²) in [5, 5.41) is 23.6. The first-order valence-corrected chi connectivity index (χ1v) is 12.9. The number of hydrogen-bond donors (Lipinski definition) is 3. The third-order valence-corrected chi connectivity index (χ3v) is 7.17. The summed E-state index contributed by atoms with van der Waals surface area (Å²) >= 11 is 0. The summed E-state index contributed by atoms with van der Waals surface area (Å²) in [6.45, 7) is 1.80. The molecular formula is C29H34N2O8. The fraction of sp³-hybridized carbons (Fsp3) is 0.414. The van der Waals surface area contributed by atoms with Crippen molar-refractivity contribution >= 4 is 18.1 Å². The van der Waals surface area contributed by atoms with E-state index in [1.165, 1.54) is 13.2 Å². The smallest absolute Gasteiger partial charge is 0.247 e. The van der Waals surface area contributed by atoms with Crippen molar-refractivity contribution in [2.24, 2.45) is 0 Å². The third kappa shape index (κ3) is 5.62. The number of amides is 2. The lowest BCUT2D eigenvalue weighted by Crippen LogP contribution is -2.56. The number of fused-ring (bicyclic) bond motifs is 3. The van der Waals surface area contributed by atoms with Gasteiger partial charge in [0.1, 0.15) is 24.2 Å². The minimum atomic E-state index is -1.18. The molecule has 2 aromatic carbocycles. The van der Waals surface area contributed by atoms with Gasteiger partial charge in [-0.25, -0.2) is 0 Å². The number of aldehydes is 1. The van der Waals surface area contributed by atoms with Gasteiger partial charge in [0.2, 0.25) is 11.8 Å². The molecule has 0 fully saturated rings. The normalized spacial score (nSPS) is 21.1. The topological polar surface area (TPSA) is 135 Å². The number of carbonyl (C=O) groups excluding carboxylic acids is 3. The first-order valence-electron chi connectivity index (χ1n) is 12.9. The fourth-order valence-electron chi connectivity index (χ4n) is 5.28. The molecule has 2 aliphatic rings. The van der Waals surface area contributed by atoms with Crippen molar-refractivity contribution in [3.8, 4) is 17.2 Å². The monoisotopic (exact) mass is 538 g/mol. The molecule has 0 spiro atoms. The van der Waals surface area contributed by atoms with E-state index in [0.29, 0.717) is 41.1 Å². The number of nitrogens with one attached hydrogen (secondary N) is 1. The molecular weight excluding hydrogens is 504 g/mol. The van der Waals surface area contributed by atoms with E-state index in [9.17, 15) is 24.6 Å². The molecule has 39 heavy (non-hydrogen) atoms. The number of methoxy groups -OCH3 is 2. The number of hydrogen-bond acceptors (Lipinski definition) is 8. The van der Waals surface area contributed by atoms with Crippen molar-refractivity contribution in [3.63, 3.8) is 0 Å². The van der Waals surface area contributed by atoms with Gasteiger partial charge in [0, 0.05) is 36.2 Å². The highest BCUT2D eigenvalue weighted by molar-refractivity contribution is 5.96. The van der Waals surface area contributed by atoms with Crippen LogP contribution in [0.4, 0.5) is 0 Å². The van der Waals surface area contributed by atoms with Crippen LogP contribution in [0.15, 0.2) is 48.0 Å². The predicted molar refractivity (Wildman–Crippen MR) is 142 cm³/mol. The van der Waals surface area contributed by atoms with E-state index in [1.807, 2.05) is 24.3 Å². The van der Waals surface area contributed by atoms with Crippen LogP contribution in [0.2, 0.25) is 0 Å². The van der Waals surface area contributed by atoms with Crippen LogP contribution < -0.4 is 19.5 Å². The van der Waals surface area contributed by atoms with Crippen LogP contribution in [-0.4, -0.2) is 85.4 Å². The van der Waals surface area contributed by atoms with Gasteiger partial charge in [0.25, 0.3) is 0 Å². The Morgan fingerprint density at radius 3 is 2.64 bits per heavy atom. The fourth-order valence-corrected chi connectivity index (χ4v) is 5.28. The van der Waals surface area contributed by atoms with Gasteiger partial charge in [-0.15, -0.1) is 0 Å². The molecule has 1 aliphatic carbocycles. The zero-order chi connectivity index (χ0) is 28.1. The Labute approximate surface area is 227 Å². The van der Waals surface area contributed by atoms with Crippen molar-refractivity contribution in [3.05, 3.63) is 64.7 Å². The maximum atomic E-state index is 13.3. The molecule has 4 atom stereocenters. The summed E-state index contributed by atoms with van der Waals surface area (Å²) in [4.78, 5) is 39.7. The number of carbonyl (C=O) groups is 3. The molecule has 1 heterocycles. The lowest BCUT2D eigenvalue weighted by atomic mass is 9.77. The third-order valence-electron chi connectivity index (χ3n) is 7.17. The lowest BCUT2D eigenvalue weighted by Gasteiger charge is -2.40. The molecule has 0 unspecified atom stereocenters. The number of rotatable bonds is 11. The zero-order valence-corrected chi connectivity index (χ0v) is 22.3. The standard InChI is InChI=1S/C29H34N2O8/c1-4-24(34)31(10-8-17-6-5-7-19(12-17)37-2)22-15-21(29(36)30-9-11-32)25-20-13-18(16-33)14-23(38-3)27(20)39-28(25)26(22)35/h5-7,12-16,22,25-26,28,32,35H,4,8-11H2,1-3H3,(H,30,36)/t22-,25+,26+,28+/m1/s1. The van der Waals surface area contributed by atoms with Crippen LogP contribution >= 0.6 is 0 Å². The van der Waals surface area contributed by atoms with Crippen molar-refractivity contribution in [2.75, 3.05) is 33.9 Å². The summed E-state index contributed by atoms with van der Waals surface area (Å²) < 4.78 is 17.0. The first-order chi connectivity index (χ1) is 18.9. The van der Waals surface area contributed by atoms with Gasteiger partial charge in [-0.2, -0.15) is 0 Å². The summed E-state index contributed by atoms with van der Waals surface area (Å²) in [5.41, 5.74) is 2.10. The Balaban J connectivity index is 1.75. The summed E-state index contributed by atoms with van der Waals surface area (Å²) in [6.07, 6.45) is 0.890. The van der Waals surface area contributed by atoms with Gasteiger partial charge >= 0.3 is 0 Å². The summed E-state index contributed by atoms with van der Waals surface area (Å²) in [6, 6.07) is 9.82. The largest absolute Gasteiger partial charge is 0.497 e. The van der Waals surface area contributed by atoms with Gasteiger partial charge in [0.15, 0.2) is 11.5 Å². The Bertz CT molecular complexity index is 1260. The second kappa shape index (κ2) is 12.3. The SMILES string of the molecule is CCC(=O)N(CCc1cccc(OC)c1)[C@@H]1C=C(C(=O)NCCO)[C@@H]2c3cc(C=O)cc(OC)c3O[C@@H]2[C@H]1O. The minimum Gasteiger partial charge on any atom is -0.497 e. The van der Waals surface area contributed by atoms with Crippen molar-refractivity contribution in [1.29, 1.82) is 0 Å². The number of nitrogens with zero attached hydrogens (tertiary/aromatic N) is 1. The van der Waals surface area contributed by atoms with Crippen LogP contribution in [0.5, 0.6) is 17.2 Å². The maximum absolute atomic E-state index is 13.3. The van der Waals surface area contributed by atoms with Gasteiger partial charge in [0.05, 0.1) is 32.8 Å². The van der Waals surface area contributed by atoms with Crippen molar-refractivity contribution in [2.45, 2.75) is 43.9 Å². The summed E-state index contributed by atoms with van der Waals surface area (Å²) in [5.74, 6) is -0.0194. The average molecular weight is 539 g/mol. The van der Waals surface area contributed by atoms with Crippen LogP contribution in [0.1, 0.15) is 40.7 Å². The Kier molecular flexibility index (Phi) is 8.88. The van der Waals surface area contributed by atoms with E-state index in [4.69, 9.17) is 14.2 Å². The second-order valence-electron chi connectivity index (χ2n) is 9.44. The minimum absolute atomic E-state index is 0.0274. The number of ether oxygens (including phenoxy) is 3. The molecule has 0 radical (unpaired) electrons. The van der Waals surface area contributed by atoms with Crippen LogP contribution in [-0.2, 0) is 16.0 Å². The first kappa shape index (κ1) is 28.1. The van der Waals surface area contributed by atoms with E-state index >= 15 is 0 Å². The van der Waals surface area contributed by atoms with Gasteiger partial charge in [-0.05, 0) is 42.3 Å². The quantitative estimate of drug-likeness (QED) is 0.368. The van der Waals surface area contributed by atoms with Crippen LogP contribution in [0, 0.1) is 0 Å². The van der Waals surface area contributed by atoms with E-state index in [-0.39, 0.29) is 37.6 Å². The van der Waals surface area contributed by atoms with Crippen LogP contribution in [0.3, 0.4) is 0 Å². The molecule has 10 heteroatoms. The lowest BCUT2D eigenvalue weighted by molar-refractivity contribution is -0.136. The molecule has 10 nitrogen and oxygen atoms in total. The van der Waals surface area contributed by atoms with Gasteiger partial charge in [-0.3, -0.25) is 14.4 Å². The molecule has 208 valence electrons. The molecule has 0 bridgehead atoms. The molecule has 0 aromatic heterocycles. The molecule has 2 amide bonds. The van der Waals surface area contributed by atoms with Gasteiger partial charge in [-0.1, -0.05) is 19.1 Å².